The average molecular weight is 398 g/mol. The first-order chi connectivity index (χ1) is 12.3. The van der Waals surface area contributed by atoms with Crippen LogP contribution in [0.2, 0.25) is 0 Å². The summed E-state index contributed by atoms with van der Waals surface area (Å²) in [5.41, 5.74) is 6.16. The Morgan fingerprint density at radius 1 is 1.41 bits per heavy atom. The Hall–Kier alpha value is -1.79. The van der Waals surface area contributed by atoms with Gasteiger partial charge in [-0.1, -0.05) is 26.0 Å². The third kappa shape index (κ3) is 5.84. The predicted octanol–water partition coefficient (Wildman–Crippen LogP) is 2.74. The lowest BCUT2D eigenvalue weighted by Crippen LogP contribution is -2.54. The molecule has 7 heteroatoms. The molecule has 2 amide bonds. The summed E-state index contributed by atoms with van der Waals surface area (Å²) in [5, 5.41) is 3.07. The van der Waals surface area contributed by atoms with Crippen molar-refractivity contribution < 1.29 is 14.3 Å². The molecule has 0 spiro atoms. The van der Waals surface area contributed by atoms with Crippen molar-refractivity contribution in [1.82, 2.24) is 5.32 Å². The van der Waals surface area contributed by atoms with Crippen molar-refractivity contribution in [2.45, 2.75) is 46.1 Å². The number of benzene rings is 1. The molecule has 0 radical (unpaired) electrons. The normalized spacial score (nSPS) is 18.8. The van der Waals surface area contributed by atoms with Crippen LogP contribution in [0.5, 0.6) is 5.75 Å². The highest BCUT2D eigenvalue weighted by atomic mass is 35.5. The maximum absolute atomic E-state index is 12.8. The van der Waals surface area contributed by atoms with E-state index in [0.717, 1.165) is 12.1 Å². The molecule has 1 fully saturated rings. The van der Waals surface area contributed by atoms with Crippen LogP contribution in [0.3, 0.4) is 0 Å². The molecule has 0 aliphatic carbocycles. The highest BCUT2D eigenvalue weighted by molar-refractivity contribution is 6.01. The highest BCUT2D eigenvalue weighted by Gasteiger charge is 2.38. The molecule has 0 aromatic heterocycles. The van der Waals surface area contributed by atoms with Crippen molar-refractivity contribution in [3.8, 4) is 5.75 Å². The Bertz CT molecular complexity index is 653. The van der Waals surface area contributed by atoms with Gasteiger partial charge in [-0.05, 0) is 38.3 Å². The lowest BCUT2D eigenvalue weighted by molar-refractivity contribution is -0.128. The fraction of sp³-hybridized carbons (Fsp3) is 0.600. The van der Waals surface area contributed by atoms with Gasteiger partial charge in [0.15, 0.2) is 0 Å². The molecule has 2 rings (SSSR count). The van der Waals surface area contributed by atoms with Crippen LogP contribution in [-0.4, -0.2) is 37.0 Å². The van der Waals surface area contributed by atoms with Gasteiger partial charge in [0.05, 0.1) is 18.2 Å². The van der Waals surface area contributed by atoms with Crippen molar-refractivity contribution in [3.63, 3.8) is 0 Å². The summed E-state index contributed by atoms with van der Waals surface area (Å²) in [4.78, 5) is 26.9. The number of hydrogen-bond donors (Lipinski definition) is 2. The smallest absolute Gasteiger partial charge is 0.227 e. The van der Waals surface area contributed by atoms with Crippen molar-refractivity contribution in [2.75, 3.05) is 24.6 Å². The van der Waals surface area contributed by atoms with Gasteiger partial charge in [-0.25, -0.2) is 0 Å². The summed E-state index contributed by atoms with van der Waals surface area (Å²) in [5.74, 6) is 0.536. The van der Waals surface area contributed by atoms with Crippen LogP contribution in [0.25, 0.3) is 0 Å². The van der Waals surface area contributed by atoms with E-state index < -0.39 is 5.54 Å². The molecule has 0 bridgehead atoms. The van der Waals surface area contributed by atoms with Gasteiger partial charge in [0.2, 0.25) is 11.8 Å². The Balaban J connectivity index is 0.00000364. The van der Waals surface area contributed by atoms with Gasteiger partial charge in [0, 0.05) is 25.0 Å². The van der Waals surface area contributed by atoms with E-state index in [1.54, 1.807) is 4.90 Å². The van der Waals surface area contributed by atoms with E-state index in [4.69, 9.17) is 10.5 Å². The minimum absolute atomic E-state index is 0. The number of nitrogens with two attached hydrogens (primary N) is 1. The standard InChI is InChI=1S/C20H31N3O3.ClH/c1-5-26-17-9-7-6-8-16(17)23-12-15(10-18(23)24)19(25)22-20(4,13-21)11-14(2)3;/h6-9,14-15H,5,10-13,21H2,1-4H3,(H,22,25);1H. The number of carbonyl (C=O) groups is 2. The van der Waals surface area contributed by atoms with Gasteiger partial charge in [-0.15, -0.1) is 12.4 Å². The van der Waals surface area contributed by atoms with Crippen LogP contribution in [-0.2, 0) is 9.59 Å². The summed E-state index contributed by atoms with van der Waals surface area (Å²) < 4.78 is 5.62. The zero-order valence-corrected chi connectivity index (χ0v) is 17.5. The molecular formula is C20H32ClN3O3. The third-order valence-corrected chi connectivity index (χ3v) is 4.69. The van der Waals surface area contributed by atoms with E-state index in [2.05, 4.69) is 19.2 Å². The highest BCUT2D eigenvalue weighted by Crippen LogP contribution is 2.33. The Kier molecular flexibility index (Phi) is 8.57. The lowest BCUT2D eigenvalue weighted by atomic mass is 9.90. The summed E-state index contributed by atoms with van der Waals surface area (Å²) >= 11 is 0. The SMILES string of the molecule is CCOc1ccccc1N1CC(C(=O)NC(C)(CN)CC(C)C)CC1=O.Cl. The number of nitrogens with zero attached hydrogens (tertiary/aromatic N) is 1. The van der Waals surface area contributed by atoms with Gasteiger partial charge in [-0.3, -0.25) is 9.59 Å². The number of hydrogen-bond acceptors (Lipinski definition) is 4. The molecule has 2 unspecified atom stereocenters. The van der Waals surface area contributed by atoms with Crippen LogP contribution in [0.15, 0.2) is 24.3 Å². The molecule has 0 saturated carbocycles. The molecular weight excluding hydrogens is 366 g/mol. The second-order valence-corrected chi connectivity index (χ2v) is 7.66. The summed E-state index contributed by atoms with van der Waals surface area (Å²) in [6, 6.07) is 7.43. The number of nitrogens with one attached hydrogen (secondary N) is 1. The first kappa shape index (κ1) is 23.2. The molecule has 1 aliphatic heterocycles. The first-order valence-corrected chi connectivity index (χ1v) is 9.34. The van der Waals surface area contributed by atoms with E-state index >= 15 is 0 Å². The number of para-hydroxylation sites is 2. The van der Waals surface area contributed by atoms with Crippen LogP contribution < -0.4 is 20.7 Å². The maximum Gasteiger partial charge on any atom is 0.227 e. The molecule has 2 atom stereocenters. The number of amides is 2. The number of ether oxygens (including phenoxy) is 1. The number of anilines is 1. The van der Waals surface area contributed by atoms with E-state index in [9.17, 15) is 9.59 Å². The van der Waals surface area contributed by atoms with Gasteiger partial charge in [0.1, 0.15) is 5.75 Å². The lowest BCUT2D eigenvalue weighted by Gasteiger charge is -2.32. The van der Waals surface area contributed by atoms with Crippen LogP contribution in [0.4, 0.5) is 5.69 Å². The van der Waals surface area contributed by atoms with Gasteiger partial charge < -0.3 is 20.7 Å². The molecule has 1 aromatic rings. The maximum atomic E-state index is 12.8. The van der Waals surface area contributed by atoms with Crippen molar-refractivity contribution in [2.24, 2.45) is 17.6 Å². The molecule has 152 valence electrons. The van der Waals surface area contributed by atoms with E-state index in [0.29, 0.717) is 31.4 Å². The van der Waals surface area contributed by atoms with E-state index in [1.807, 2.05) is 38.1 Å². The molecule has 1 saturated heterocycles. The zero-order chi connectivity index (χ0) is 19.3. The average Bonchev–Trinajstić information content (AvgIpc) is 2.97. The Morgan fingerprint density at radius 2 is 2.07 bits per heavy atom. The molecule has 6 nitrogen and oxygen atoms in total. The number of rotatable bonds is 8. The van der Waals surface area contributed by atoms with Gasteiger partial charge in [0.25, 0.3) is 0 Å². The first-order valence-electron chi connectivity index (χ1n) is 9.34. The predicted molar refractivity (Wildman–Crippen MR) is 110 cm³/mol. The summed E-state index contributed by atoms with van der Waals surface area (Å²) in [6.45, 7) is 9.32. The van der Waals surface area contributed by atoms with Gasteiger partial charge in [-0.2, -0.15) is 0 Å². The minimum atomic E-state index is -0.453. The van der Waals surface area contributed by atoms with Crippen LogP contribution in [0.1, 0.15) is 40.5 Å². The topological polar surface area (TPSA) is 84.7 Å². The van der Waals surface area contributed by atoms with Crippen molar-refractivity contribution in [1.29, 1.82) is 0 Å². The molecule has 3 N–H and O–H groups in total. The molecule has 1 heterocycles. The second kappa shape index (κ2) is 9.95. The quantitative estimate of drug-likeness (QED) is 0.706. The van der Waals surface area contributed by atoms with Crippen molar-refractivity contribution in [3.05, 3.63) is 24.3 Å². The Morgan fingerprint density at radius 3 is 2.67 bits per heavy atom. The molecule has 1 aliphatic rings. The van der Waals surface area contributed by atoms with E-state index in [-0.39, 0.29) is 36.6 Å². The number of carbonyl (C=O) groups excluding carboxylic acids is 2. The summed E-state index contributed by atoms with van der Waals surface area (Å²) in [6.07, 6.45) is 1.00. The fourth-order valence-electron chi connectivity index (χ4n) is 3.56. The summed E-state index contributed by atoms with van der Waals surface area (Å²) in [7, 11) is 0. The molecule has 1 aromatic carbocycles. The minimum Gasteiger partial charge on any atom is -0.492 e. The second-order valence-electron chi connectivity index (χ2n) is 7.66. The largest absolute Gasteiger partial charge is 0.492 e. The van der Waals surface area contributed by atoms with Gasteiger partial charge >= 0.3 is 0 Å². The fourth-order valence-corrected chi connectivity index (χ4v) is 3.56. The van der Waals surface area contributed by atoms with Crippen LogP contribution in [0, 0.1) is 11.8 Å². The van der Waals surface area contributed by atoms with Crippen molar-refractivity contribution >= 4 is 29.9 Å². The number of halogens is 1. The zero-order valence-electron chi connectivity index (χ0n) is 16.7. The molecule has 27 heavy (non-hydrogen) atoms. The Labute approximate surface area is 168 Å². The third-order valence-electron chi connectivity index (χ3n) is 4.69. The van der Waals surface area contributed by atoms with Crippen LogP contribution >= 0.6 is 12.4 Å². The monoisotopic (exact) mass is 397 g/mol. The van der Waals surface area contributed by atoms with E-state index in [1.165, 1.54) is 0 Å².